The molecule has 2 aromatic carbocycles. The van der Waals surface area contributed by atoms with Gasteiger partial charge in [0.05, 0.1) is 14.2 Å². The summed E-state index contributed by atoms with van der Waals surface area (Å²) in [5, 5.41) is 13.5. The van der Waals surface area contributed by atoms with Crippen molar-refractivity contribution in [3.63, 3.8) is 0 Å². The normalized spacial score (nSPS) is 13.2. The first kappa shape index (κ1) is 18.1. The number of para-hydroxylation sites is 1. The molecule has 24 heavy (non-hydrogen) atoms. The molecule has 0 aliphatic carbocycles. The average Bonchev–Trinajstić information content (AvgIpc) is 2.64. The third kappa shape index (κ3) is 4.88. The highest BCUT2D eigenvalue weighted by molar-refractivity contribution is 5.51. The molecule has 0 aliphatic rings. The predicted octanol–water partition coefficient (Wildman–Crippen LogP) is 2.79. The Kier molecular flexibility index (Phi) is 6.90. The van der Waals surface area contributed by atoms with Crippen molar-refractivity contribution < 1.29 is 19.3 Å². The van der Waals surface area contributed by atoms with Gasteiger partial charge in [-0.05, 0) is 24.6 Å². The van der Waals surface area contributed by atoms with Crippen molar-refractivity contribution in [2.45, 2.75) is 19.1 Å². The van der Waals surface area contributed by atoms with Gasteiger partial charge in [-0.1, -0.05) is 36.4 Å². The van der Waals surface area contributed by atoms with Crippen LogP contribution >= 0.6 is 0 Å². The fourth-order valence-corrected chi connectivity index (χ4v) is 2.37. The van der Waals surface area contributed by atoms with E-state index in [9.17, 15) is 5.11 Å². The molecule has 0 spiro atoms. The second-order valence-electron chi connectivity index (χ2n) is 5.50. The number of hydrogen-bond acceptors (Lipinski definition) is 5. The molecule has 0 saturated heterocycles. The van der Waals surface area contributed by atoms with Crippen molar-refractivity contribution in [3.8, 4) is 17.2 Å². The van der Waals surface area contributed by atoms with Crippen LogP contribution in [0.15, 0.2) is 48.5 Å². The number of ether oxygens (including phenoxy) is 3. The van der Waals surface area contributed by atoms with Gasteiger partial charge in [0.15, 0.2) is 11.5 Å². The highest BCUT2D eigenvalue weighted by Crippen LogP contribution is 2.36. The molecule has 0 aromatic heterocycles. The van der Waals surface area contributed by atoms with Crippen LogP contribution in [0.25, 0.3) is 0 Å². The quantitative estimate of drug-likeness (QED) is 0.740. The van der Waals surface area contributed by atoms with Crippen LogP contribution < -0.4 is 19.5 Å². The third-order valence-electron chi connectivity index (χ3n) is 3.76. The van der Waals surface area contributed by atoms with Crippen LogP contribution in [0.5, 0.6) is 17.2 Å². The standard InChI is InChI=1S/C19H25NO4/c1-14(15-8-5-4-6-9-15)20-12-16(21)13-24-19-17(22-2)10-7-11-18(19)23-3/h4-11,14,16,20-21H,12-13H2,1-3H3. The van der Waals surface area contributed by atoms with E-state index in [0.29, 0.717) is 23.8 Å². The van der Waals surface area contributed by atoms with E-state index in [-0.39, 0.29) is 12.6 Å². The molecule has 2 rings (SSSR count). The van der Waals surface area contributed by atoms with E-state index in [1.54, 1.807) is 26.4 Å². The van der Waals surface area contributed by atoms with E-state index in [1.165, 1.54) is 5.56 Å². The van der Waals surface area contributed by atoms with E-state index in [1.807, 2.05) is 24.3 Å². The molecule has 0 heterocycles. The fraction of sp³-hybridized carbons (Fsp3) is 0.368. The van der Waals surface area contributed by atoms with Gasteiger partial charge >= 0.3 is 0 Å². The molecule has 0 saturated carbocycles. The first-order valence-electron chi connectivity index (χ1n) is 7.96. The number of benzene rings is 2. The van der Waals surface area contributed by atoms with Crippen molar-refractivity contribution in [1.29, 1.82) is 0 Å². The monoisotopic (exact) mass is 331 g/mol. The lowest BCUT2D eigenvalue weighted by Crippen LogP contribution is -2.33. The summed E-state index contributed by atoms with van der Waals surface area (Å²) in [6, 6.07) is 15.7. The number of methoxy groups -OCH3 is 2. The molecule has 0 aliphatic heterocycles. The summed E-state index contributed by atoms with van der Waals surface area (Å²) in [4.78, 5) is 0. The van der Waals surface area contributed by atoms with E-state index in [4.69, 9.17) is 14.2 Å². The third-order valence-corrected chi connectivity index (χ3v) is 3.76. The van der Waals surface area contributed by atoms with Crippen LogP contribution in [0, 0.1) is 0 Å². The molecule has 5 heteroatoms. The van der Waals surface area contributed by atoms with Gasteiger partial charge in [-0.25, -0.2) is 0 Å². The molecular formula is C19H25NO4. The second-order valence-corrected chi connectivity index (χ2v) is 5.50. The largest absolute Gasteiger partial charge is 0.493 e. The molecule has 0 amide bonds. The number of hydrogen-bond donors (Lipinski definition) is 2. The van der Waals surface area contributed by atoms with Crippen LogP contribution in [-0.2, 0) is 0 Å². The Balaban J connectivity index is 1.86. The number of aliphatic hydroxyl groups is 1. The first-order valence-corrected chi connectivity index (χ1v) is 7.96. The number of aliphatic hydroxyl groups excluding tert-OH is 1. The van der Waals surface area contributed by atoms with Crippen LogP contribution in [0.3, 0.4) is 0 Å². The van der Waals surface area contributed by atoms with Crippen molar-refractivity contribution in [3.05, 3.63) is 54.1 Å². The summed E-state index contributed by atoms with van der Waals surface area (Å²) < 4.78 is 16.3. The maximum atomic E-state index is 10.2. The molecule has 130 valence electrons. The molecule has 0 radical (unpaired) electrons. The van der Waals surface area contributed by atoms with Crippen LogP contribution in [0.1, 0.15) is 18.5 Å². The zero-order chi connectivity index (χ0) is 17.4. The smallest absolute Gasteiger partial charge is 0.203 e. The Labute approximate surface area is 143 Å². The van der Waals surface area contributed by atoms with E-state index in [2.05, 4.69) is 24.4 Å². The molecule has 2 atom stereocenters. The summed E-state index contributed by atoms with van der Waals surface area (Å²) in [5.74, 6) is 1.65. The fourth-order valence-electron chi connectivity index (χ4n) is 2.37. The molecule has 0 fully saturated rings. The lowest BCUT2D eigenvalue weighted by atomic mass is 10.1. The summed E-state index contributed by atoms with van der Waals surface area (Å²) >= 11 is 0. The lowest BCUT2D eigenvalue weighted by Gasteiger charge is -2.19. The minimum Gasteiger partial charge on any atom is -0.493 e. The average molecular weight is 331 g/mol. The highest BCUT2D eigenvalue weighted by Gasteiger charge is 2.14. The van der Waals surface area contributed by atoms with Crippen molar-refractivity contribution in [1.82, 2.24) is 5.32 Å². The van der Waals surface area contributed by atoms with Crippen molar-refractivity contribution >= 4 is 0 Å². The van der Waals surface area contributed by atoms with E-state index in [0.717, 1.165) is 0 Å². The van der Waals surface area contributed by atoms with Crippen LogP contribution in [-0.4, -0.2) is 38.6 Å². The molecule has 2 unspecified atom stereocenters. The summed E-state index contributed by atoms with van der Waals surface area (Å²) in [5.41, 5.74) is 1.18. The van der Waals surface area contributed by atoms with Gasteiger partial charge in [0, 0.05) is 12.6 Å². The second kappa shape index (κ2) is 9.15. The first-order chi connectivity index (χ1) is 11.7. The predicted molar refractivity (Wildman–Crippen MR) is 93.9 cm³/mol. The maximum Gasteiger partial charge on any atom is 0.203 e. The van der Waals surface area contributed by atoms with E-state index >= 15 is 0 Å². The van der Waals surface area contributed by atoms with Gasteiger partial charge in [-0.15, -0.1) is 0 Å². The summed E-state index contributed by atoms with van der Waals surface area (Å²) in [6.45, 7) is 2.63. The zero-order valence-electron chi connectivity index (χ0n) is 14.4. The molecule has 2 aromatic rings. The Morgan fingerprint density at radius 1 is 0.958 bits per heavy atom. The maximum absolute atomic E-state index is 10.2. The van der Waals surface area contributed by atoms with Gasteiger partial charge in [0.1, 0.15) is 12.7 Å². The summed E-state index contributed by atoms with van der Waals surface area (Å²) in [6.07, 6.45) is -0.647. The lowest BCUT2D eigenvalue weighted by molar-refractivity contribution is 0.100. The minimum atomic E-state index is -0.647. The van der Waals surface area contributed by atoms with Gasteiger partial charge in [0.2, 0.25) is 5.75 Å². The molecule has 0 bridgehead atoms. The van der Waals surface area contributed by atoms with Crippen LogP contribution in [0.2, 0.25) is 0 Å². The Morgan fingerprint density at radius 3 is 2.17 bits per heavy atom. The van der Waals surface area contributed by atoms with Gasteiger partial charge in [0.25, 0.3) is 0 Å². The Hall–Kier alpha value is -2.24. The zero-order valence-corrected chi connectivity index (χ0v) is 14.4. The van der Waals surface area contributed by atoms with Crippen LogP contribution in [0.4, 0.5) is 0 Å². The molecular weight excluding hydrogens is 306 g/mol. The number of nitrogens with one attached hydrogen (secondary N) is 1. The van der Waals surface area contributed by atoms with Crippen molar-refractivity contribution in [2.24, 2.45) is 0 Å². The van der Waals surface area contributed by atoms with Gasteiger partial charge in [-0.2, -0.15) is 0 Å². The van der Waals surface area contributed by atoms with E-state index < -0.39 is 6.10 Å². The topological polar surface area (TPSA) is 60.0 Å². The molecule has 2 N–H and O–H groups in total. The molecule has 5 nitrogen and oxygen atoms in total. The van der Waals surface area contributed by atoms with Gasteiger partial charge in [-0.3, -0.25) is 0 Å². The number of rotatable bonds is 9. The highest BCUT2D eigenvalue weighted by atomic mass is 16.5. The summed E-state index contributed by atoms with van der Waals surface area (Å²) in [7, 11) is 3.14. The Bertz CT molecular complexity index is 596. The minimum absolute atomic E-state index is 0.144. The SMILES string of the molecule is COc1cccc(OC)c1OCC(O)CNC(C)c1ccccc1. The Morgan fingerprint density at radius 2 is 1.58 bits per heavy atom. The van der Waals surface area contributed by atoms with Crippen molar-refractivity contribution in [2.75, 3.05) is 27.4 Å². The van der Waals surface area contributed by atoms with Gasteiger partial charge < -0.3 is 24.6 Å².